The molecule has 6 nitrogen and oxygen atoms in total. The maximum Gasteiger partial charge on any atom is 0.204 e. The molecule has 3 heterocycles. The average Bonchev–Trinajstić information content (AvgIpc) is 3.14. The highest BCUT2D eigenvalue weighted by atomic mass is 15.6. The van der Waals surface area contributed by atoms with Crippen molar-refractivity contribution < 1.29 is 0 Å². The molecular formula is C17H18N6. The van der Waals surface area contributed by atoms with Gasteiger partial charge in [-0.15, -0.1) is 10.2 Å². The number of anilines is 1. The van der Waals surface area contributed by atoms with E-state index in [2.05, 4.69) is 31.4 Å². The molecule has 0 spiro atoms. The van der Waals surface area contributed by atoms with E-state index in [1.54, 1.807) is 4.80 Å². The number of nitrogens with zero attached hydrogens (tertiary/aromatic N) is 6. The summed E-state index contributed by atoms with van der Waals surface area (Å²) in [4.78, 5) is 8.51. The molecule has 6 heteroatoms. The van der Waals surface area contributed by atoms with E-state index in [0.29, 0.717) is 11.9 Å². The first-order valence-electron chi connectivity index (χ1n) is 7.91. The van der Waals surface area contributed by atoms with Gasteiger partial charge < -0.3 is 4.90 Å². The number of pyridine rings is 1. The number of rotatable bonds is 3. The SMILES string of the molecule is c1ccc(-c2nnn(C3CCN(c4ccccn4)CC3)n2)cc1. The number of piperidine rings is 1. The summed E-state index contributed by atoms with van der Waals surface area (Å²) in [6.45, 7) is 1.92. The fourth-order valence-corrected chi connectivity index (χ4v) is 2.95. The highest BCUT2D eigenvalue weighted by molar-refractivity contribution is 5.53. The van der Waals surface area contributed by atoms with Gasteiger partial charge in [0.25, 0.3) is 0 Å². The second-order valence-corrected chi connectivity index (χ2v) is 5.71. The first kappa shape index (κ1) is 13.9. The third kappa shape index (κ3) is 2.92. The van der Waals surface area contributed by atoms with Gasteiger partial charge in [-0.1, -0.05) is 36.4 Å². The van der Waals surface area contributed by atoms with Crippen LogP contribution in [-0.4, -0.2) is 38.3 Å². The third-order valence-electron chi connectivity index (χ3n) is 4.22. The van der Waals surface area contributed by atoms with E-state index in [1.807, 2.05) is 48.7 Å². The van der Waals surface area contributed by atoms with Crippen LogP contribution < -0.4 is 4.90 Å². The van der Waals surface area contributed by atoms with Gasteiger partial charge in [0.15, 0.2) is 0 Å². The van der Waals surface area contributed by atoms with Gasteiger partial charge in [0, 0.05) is 24.8 Å². The van der Waals surface area contributed by atoms with Gasteiger partial charge in [0.05, 0.1) is 6.04 Å². The summed E-state index contributed by atoms with van der Waals surface area (Å²) in [5, 5.41) is 13.0. The first-order valence-corrected chi connectivity index (χ1v) is 7.91. The second-order valence-electron chi connectivity index (χ2n) is 5.71. The smallest absolute Gasteiger partial charge is 0.204 e. The van der Waals surface area contributed by atoms with Crippen molar-refractivity contribution >= 4 is 5.82 Å². The van der Waals surface area contributed by atoms with Gasteiger partial charge in [-0.05, 0) is 30.2 Å². The molecule has 0 bridgehead atoms. The molecule has 4 rings (SSSR count). The zero-order chi connectivity index (χ0) is 15.5. The zero-order valence-electron chi connectivity index (χ0n) is 12.8. The summed E-state index contributed by atoms with van der Waals surface area (Å²) in [6.07, 6.45) is 3.84. The minimum atomic E-state index is 0.305. The molecular weight excluding hydrogens is 288 g/mol. The standard InChI is InChI=1S/C17H18N6/c1-2-6-14(7-3-1)17-19-21-23(20-17)15-9-12-22(13-10-15)16-8-4-5-11-18-16/h1-8,11,15H,9-10,12-13H2. The van der Waals surface area contributed by atoms with Crippen molar-refractivity contribution in [3.05, 3.63) is 54.7 Å². The topological polar surface area (TPSA) is 59.7 Å². The van der Waals surface area contributed by atoms with Crippen LogP contribution in [0.3, 0.4) is 0 Å². The molecule has 0 radical (unpaired) electrons. The molecule has 0 saturated carbocycles. The normalized spacial score (nSPS) is 15.7. The lowest BCUT2D eigenvalue weighted by Crippen LogP contribution is -2.35. The van der Waals surface area contributed by atoms with Crippen LogP contribution in [0.5, 0.6) is 0 Å². The van der Waals surface area contributed by atoms with Crippen LogP contribution in [0, 0.1) is 0 Å². The Bertz CT molecular complexity index is 747. The largest absolute Gasteiger partial charge is 0.356 e. The Morgan fingerprint density at radius 3 is 2.43 bits per heavy atom. The summed E-state index contributed by atoms with van der Waals surface area (Å²) >= 11 is 0. The summed E-state index contributed by atoms with van der Waals surface area (Å²) in [5.41, 5.74) is 1.00. The first-order chi connectivity index (χ1) is 11.4. The summed E-state index contributed by atoms with van der Waals surface area (Å²) in [5.74, 6) is 1.74. The van der Waals surface area contributed by atoms with Crippen LogP contribution in [0.15, 0.2) is 54.7 Å². The molecule has 1 aliphatic rings. The molecule has 23 heavy (non-hydrogen) atoms. The van der Waals surface area contributed by atoms with Crippen molar-refractivity contribution in [2.24, 2.45) is 0 Å². The summed E-state index contributed by atoms with van der Waals surface area (Å²) in [7, 11) is 0. The highest BCUT2D eigenvalue weighted by Gasteiger charge is 2.23. The number of aromatic nitrogens is 5. The predicted octanol–water partition coefficient (Wildman–Crippen LogP) is 2.58. The molecule has 0 N–H and O–H groups in total. The molecule has 0 aliphatic carbocycles. The second kappa shape index (κ2) is 6.16. The molecule has 1 aromatic carbocycles. The average molecular weight is 306 g/mol. The Hall–Kier alpha value is -2.76. The maximum atomic E-state index is 4.56. The van der Waals surface area contributed by atoms with E-state index in [-0.39, 0.29) is 0 Å². The Balaban J connectivity index is 1.44. The molecule has 116 valence electrons. The van der Waals surface area contributed by atoms with E-state index in [1.165, 1.54) is 0 Å². The van der Waals surface area contributed by atoms with E-state index >= 15 is 0 Å². The van der Waals surface area contributed by atoms with E-state index in [0.717, 1.165) is 37.3 Å². The van der Waals surface area contributed by atoms with Gasteiger partial charge >= 0.3 is 0 Å². The van der Waals surface area contributed by atoms with Gasteiger partial charge in [-0.2, -0.15) is 4.80 Å². The van der Waals surface area contributed by atoms with E-state index in [4.69, 9.17) is 0 Å². The number of hydrogen-bond donors (Lipinski definition) is 0. The fourth-order valence-electron chi connectivity index (χ4n) is 2.95. The number of benzene rings is 1. The van der Waals surface area contributed by atoms with Gasteiger partial charge in [0.2, 0.25) is 5.82 Å². The van der Waals surface area contributed by atoms with Crippen molar-refractivity contribution in [2.75, 3.05) is 18.0 Å². The van der Waals surface area contributed by atoms with Crippen molar-refractivity contribution in [1.29, 1.82) is 0 Å². The minimum Gasteiger partial charge on any atom is -0.356 e. The number of hydrogen-bond acceptors (Lipinski definition) is 5. The summed E-state index contributed by atoms with van der Waals surface area (Å²) in [6, 6.07) is 16.3. The zero-order valence-corrected chi connectivity index (χ0v) is 12.8. The lowest BCUT2D eigenvalue weighted by Gasteiger charge is -2.31. The van der Waals surface area contributed by atoms with Crippen LogP contribution >= 0.6 is 0 Å². The van der Waals surface area contributed by atoms with Crippen LogP contribution in [0.1, 0.15) is 18.9 Å². The van der Waals surface area contributed by atoms with Gasteiger partial charge in [-0.25, -0.2) is 4.98 Å². The molecule has 3 aromatic rings. The van der Waals surface area contributed by atoms with Gasteiger partial charge in [0.1, 0.15) is 5.82 Å². The lowest BCUT2D eigenvalue weighted by molar-refractivity contribution is 0.327. The molecule has 0 amide bonds. The minimum absolute atomic E-state index is 0.305. The van der Waals surface area contributed by atoms with E-state index < -0.39 is 0 Å². The third-order valence-corrected chi connectivity index (χ3v) is 4.22. The van der Waals surface area contributed by atoms with Crippen LogP contribution in [0.4, 0.5) is 5.82 Å². The molecule has 0 atom stereocenters. The van der Waals surface area contributed by atoms with Crippen molar-refractivity contribution in [3.63, 3.8) is 0 Å². The molecule has 0 unspecified atom stereocenters. The van der Waals surface area contributed by atoms with Gasteiger partial charge in [-0.3, -0.25) is 0 Å². The van der Waals surface area contributed by atoms with Crippen LogP contribution in [0.25, 0.3) is 11.4 Å². The predicted molar refractivity (Wildman–Crippen MR) is 88.0 cm³/mol. The van der Waals surface area contributed by atoms with Crippen molar-refractivity contribution in [3.8, 4) is 11.4 Å². The highest BCUT2D eigenvalue weighted by Crippen LogP contribution is 2.24. The monoisotopic (exact) mass is 306 g/mol. The fraction of sp³-hybridized carbons (Fsp3) is 0.294. The molecule has 2 aromatic heterocycles. The van der Waals surface area contributed by atoms with Crippen LogP contribution in [-0.2, 0) is 0 Å². The van der Waals surface area contributed by atoms with Crippen molar-refractivity contribution in [2.45, 2.75) is 18.9 Å². The molecule has 1 saturated heterocycles. The van der Waals surface area contributed by atoms with Crippen LogP contribution in [0.2, 0.25) is 0 Å². The Morgan fingerprint density at radius 1 is 0.913 bits per heavy atom. The van der Waals surface area contributed by atoms with E-state index in [9.17, 15) is 0 Å². The Kier molecular flexibility index (Phi) is 3.71. The Labute approximate surface area is 134 Å². The number of tetrazole rings is 1. The lowest BCUT2D eigenvalue weighted by atomic mass is 10.1. The summed E-state index contributed by atoms with van der Waals surface area (Å²) < 4.78 is 0. The quantitative estimate of drug-likeness (QED) is 0.744. The molecule has 1 aliphatic heterocycles. The molecule has 1 fully saturated rings. The maximum absolute atomic E-state index is 4.56. The van der Waals surface area contributed by atoms with Crippen molar-refractivity contribution in [1.82, 2.24) is 25.2 Å². The Morgan fingerprint density at radius 2 is 1.70 bits per heavy atom.